The summed E-state index contributed by atoms with van der Waals surface area (Å²) in [6, 6.07) is 16.2. The second-order valence-electron chi connectivity index (χ2n) is 7.46. The number of nitrogens with zero attached hydrogens (tertiary/aromatic N) is 3. The molecule has 2 aromatic carbocycles. The van der Waals surface area contributed by atoms with Gasteiger partial charge in [0.2, 0.25) is 0 Å². The number of aryl methyl sites for hydroxylation is 1. The molecular weight excluding hydrogens is 355 g/mol. The Hall–Kier alpha value is -3.28. The third kappa shape index (κ3) is 3.71. The molecule has 142 valence electrons. The first-order valence-electron chi connectivity index (χ1n) is 9.12. The summed E-state index contributed by atoms with van der Waals surface area (Å²) >= 11 is 0. The highest BCUT2D eigenvalue weighted by molar-refractivity contribution is 5.79. The van der Waals surface area contributed by atoms with Crippen molar-refractivity contribution in [1.82, 2.24) is 15.2 Å². The highest BCUT2D eigenvalue weighted by Crippen LogP contribution is 2.25. The fourth-order valence-corrected chi connectivity index (χ4v) is 3.10. The molecule has 0 aliphatic rings. The van der Waals surface area contributed by atoms with E-state index in [-0.39, 0.29) is 11.2 Å². The molecule has 0 fully saturated rings. The van der Waals surface area contributed by atoms with Crippen LogP contribution in [0.4, 0.5) is 10.2 Å². The van der Waals surface area contributed by atoms with Gasteiger partial charge in [0, 0.05) is 24.4 Å². The van der Waals surface area contributed by atoms with Crippen molar-refractivity contribution in [1.29, 1.82) is 0 Å². The van der Waals surface area contributed by atoms with Crippen LogP contribution in [-0.4, -0.2) is 21.7 Å². The van der Waals surface area contributed by atoms with E-state index < -0.39 is 0 Å². The standard InChI is InChI=1S/C22H21FN4O/c1-14-25-19-12-15(4-10-20(19)28-14)18-9-11-21(27-26-18)24-13-22(2,3)16-5-7-17(23)8-6-16/h4-12H,13H2,1-3H3,(H,24,27). The van der Waals surface area contributed by atoms with Crippen molar-refractivity contribution in [3.05, 3.63) is 71.9 Å². The van der Waals surface area contributed by atoms with Gasteiger partial charge < -0.3 is 9.73 Å². The van der Waals surface area contributed by atoms with Crippen molar-refractivity contribution in [3.63, 3.8) is 0 Å². The molecule has 0 spiro atoms. The Balaban J connectivity index is 1.47. The second kappa shape index (κ2) is 7.03. The minimum atomic E-state index is -0.229. The Labute approximate surface area is 162 Å². The van der Waals surface area contributed by atoms with E-state index >= 15 is 0 Å². The van der Waals surface area contributed by atoms with Gasteiger partial charge in [-0.15, -0.1) is 10.2 Å². The molecule has 28 heavy (non-hydrogen) atoms. The lowest BCUT2D eigenvalue weighted by Crippen LogP contribution is -2.28. The molecule has 0 saturated carbocycles. The maximum atomic E-state index is 13.1. The van der Waals surface area contributed by atoms with Gasteiger partial charge >= 0.3 is 0 Å². The zero-order valence-corrected chi connectivity index (χ0v) is 16.0. The van der Waals surface area contributed by atoms with Crippen molar-refractivity contribution < 1.29 is 8.81 Å². The first-order valence-corrected chi connectivity index (χ1v) is 9.12. The minimum absolute atomic E-state index is 0.177. The SMILES string of the molecule is Cc1nc2cc(-c3ccc(NCC(C)(C)c4ccc(F)cc4)nn3)ccc2o1. The number of fused-ring (bicyclic) bond motifs is 1. The number of aromatic nitrogens is 3. The predicted molar refractivity (Wildman–Crippen MR) is 108 cm³/mol. The number of nitrogens with one attached hydrogen (secondary N) is 1. The highest BCUT2D eigenvalue weighted by Gasteiger charge is 2.20. The van der Waals surface area contributed by atoms with Gasteiger partial charge in [0.15, 0.2) is 11.5 Å². The summed E-state index contributed by atoms with van der Waals surface area (Å²) in [4.78, 5) is 4.36. The number of halogens is 1. The molecule has 0 aliphatic heterocycles. The Morgan fingerprint density at radius 2 is 1.79 bits per heavy atom. The summed E-state index contributed by atoms with van der Waals surface area (Å²) in [6.45, 7) is 6.68. The monoisotopic (exact) mass is 376 g/mol. The van der Waals surface area contributed by atoms with Crippen LogP contribution in [0.25, 0.3) is 22.4 Å². The van der Waals surface area contributed by atoms with Gasteiger partial charge in [-0.2, -0.15) is 0 Å². The molecule has 0 radical (unpaired) electrons. The van der Waals surface area contributed by atoms with E-state index in [1.807, 2.05) is 49.4 Å². The van der Waals surface area contributed by atoms with Crippen LogP contribution in [-0.2, 0) is 5.41 Å². The van der Waals surface area contributed by atoms with E-state index in [4.69, 9.17) is 4.42 Å². The normalized spacial score (nSPS) is 11.7. The van der Waals surface area contributed by atoms with Gasteiger partial charge in [-0.3, -0.25) is 0 Å². The molecule has 0 bridgehead atoms. The first-order chi connectivity index (χ1) is 13.4. The average Bonchev–Trinajstić information content (AvgIpc) is 3.06. The molecule has 2 heterocycles. The van der Waals surface area contributed by atoms with Gasteiger partial charge in [-0.1, -0.05) is 26.0 Å². The van der Waals surface area contributed by atoms with Gasteiger partial charge in [0.25, 0.3) is 0 Å². The molecule has 1 N–H and O–H groups in total. The van der Waals surface area contributed by atoms with Gasteiger partial charge in [0.05, 0.1) is 5.69 Å². The zero-order chi connectivity index (χ0) is 19.7. The molecule has 0 saturated heterocycles. The first kappa shape index (κ1) is 18.1. The number of hydrogen-bond acceptors (Lipinski definition) is 5. The predicted octanol–water partition coefficient (Wildman–Crippen LogP) is 5.12. The number of oxazole rings is 1. The van der Waals surface area contributed by atoms with Crippen LogP contribution in [0.5, 0.6) is 0 Å². The number of anilines is 1. The van der Waals surface area contributed by atoms with E-state index in [1.165, 1.54) is 12.1 Å². The topological polar surface area (TPSA) is 63.8 Å². The molecule has 2 aromatic heterocycles. The maximum Gasteiger partial charge on any atom is 0.192 e. The molecule has 0 amide bonds. The Morgan fingerprint density at radius 3 is 2.50 bits per heavy atom. The lowest BCUT2D eigenvalue weighted by Gasteiger charge is -2.25. The van der Waals surface area contributed by atoms with Crippen LogP contribution in [0.2, 0.25) is 0 Å². The molecule has 0 unspecified atom stereocenters. The number of hydrogen-bond donors (Lipinski definition) is 1. The van der Waals surface area contributed by atoms with Gasteiger partial charge in [-0.05, 0) is 48.0 Å². The summed E-state index contributed by atoms with van der Waals surface area (Å²) in [5, 5.41) is 11.9. The molecule has 5 nitrogen and oxygen atoms in total. The van der Waals surface area contributed by atoms with Crippen molar-refractivity contribution >= 4 is 16.9 Å². The molecule has 4 aromatic rings. The van der Waals surface area contributed by atoms with E-state index in [9.17, 15) is 4.39 Å². The number of rotatable bonds is 5. The zero-order valence-electron chi connectivity index (χ0n) is 16.0. The third-order valence-corrected chi connectivity index (χ3v) is 4.79. The quantitative estimate of drug-likeness (QED) is 0.524. The van der Waals surface area contributed by atoms with Crippen LogP contribution >= 0.6 is 0 Å². The molecule has 6 heteroatoms. The Bertz CT molecular complexity index is 1100. The summed E-state index contributed by atoms with van der Waals surface area (Å²) < 4.78 is 18.7. The van der Waals surface area contributed by atoms with Crippen LogP contribution in [0.15, 0.2) is 59.0 Å². The average molecular weight is 376 g/mol. The summed E-state index contributed by atoms with van der Waals surface area (Å²) in [7, 11) is 0. The Kier molecular flexibility index (Phi) is 4.55. The van der Waals surface area contributed by atoms with Gasteiger partial charge in [0.1, 0.15) is 17.2 Å². The van der Waals surface area contributed by atoms with Crippen molar-refractivity contribution in [2.24, 2.45) is 0 Å². The molecule has 0 atom stereocenters. The lowest BCUT2D eigenvalue weighted by molar-refractivity contribution is 0.552. The third-order valence-electron chi connectivity index (χ3n) is 4.79. The van der Waals surface area contributed by atoms with E-state index in [0.717, 1.165) is 27.9 Å². The van der Waals surface area contributed by atoms with Crippen molar-refractivity contribution in [2.75, 3.05) is 11.9 Å². The maximum absolute atomic E-state index is 13.1. The van der Waals surface area contributed by atoms with E-state index in [0.29, 0.717) is 18.3 Å². The summed E-state index contributed by atoms with van der Waals surface area (Å²) in [5.41, 5.74) is 4.15. The molecule has 4 rings (SSSR count). The molecule has 0 aliphatic carbocycles. The van der Waals surface area contributed by atoms with E-state index in [2.05, 4.69) is 34.3 Å². The lowest BCUT2D eigenvalue weighted by atomic mass is 9.84. The van der Waals surface area contributed by atoms with Crippen LogP contribution in [0.3, 0.4) is 0 Å². The Morgan fingerprint density at radius 1 is 1.00 bits per heavy atom. The van der Waals surface area contributed by atoms with Crippen molar-refractivity contribution in [2.45, 2.75) is 26.2 Å². The summed E-state index contributed by atoms with van der Waals surface area (Å²) in [6.07, 6.45) is 0. The van der Waals surface area contributed by atoms with Crippen molar-refractivity contribution in [3.8, 4) is 11.3 Å². The van der Waals surface area contributed by atoms with Crippen LogP contribution in [0.1, 0.15) is 25.3 Å². The van der Waals surface area contributed by atoms with E-state index in [1.54, 1.807) is 0 Å². The molecular formula is C22H21FN4O. The fourth-order valence-electron chi connectivity index (χ4n) is 3.10. The largest absolute Gasteiger partial charge is 0.441 e. The number of benzene rings is 2. The smallest absolute Gasteiger partial charge is 0.192 e. The van der Waals surface area contributed by atoms with Gasteiger partial charge in [-0.25, -0.2) is 9.37 Å². The fraction of sp³-hybridized carbons (Fsp3) is 0.227. The highest BCUT2D eigenvalue weighted by atomic mass is 19.1. The van der Waals surface area contributed by atoms with Crippen LogP contribution in [0, 0.1) is 12.7 Å². The second-order valence-corrected chi connectivity index (χ2v) is 7.46. The minimum Gasteiger partial charge on any atom is -0.441 e. The van der Waals surface area contributed by atoms with Crippen LogP contribution < -0.4 is 5.32 Å². The summed E-state index contributed by atoms with van der Waals surface area (Å²) in [5.74, 6) is 1.10.